The highest BCUT2D eigenvalue weighted by atomic mass is 14.7. The smallest absolute Gasteiger partial charge is 0.0145 e. The van der Waals surface area contributed by atoms with Crippen LogP contribution >= 0.6 is 0 Å². The Bertz CT molecular complexity index is 304. The zero-order valence-corrected chi connectivity index (χ0v) is 10.4. The second-order valence-electron chi connectivity index (χ2n) is 4.51. The van der Waals surface area contributed by atoms with Crippen LogP contribution < -0.4 is 5.73 Å². The van der Waals surface area contributed by atoms with E-state index >= 15 is 0 Å². The van der Waals surface area contributed by atoms with Gasteiger partial charge in [-0.05, 0) is 17.9 Å². The SMILES string of the molecule is C=CCC(N)C(c1ccccc1)C(C)CC. The van der Waals surface area contributed by atoms with E-state index in [0.29, 0.717) is 11.8 Å². The van der Waals surface area contributed by atoms with Gasteiger partial charge in [0.2, 0.25) is 0 Å². The summed E-state index contributed by atoms with van der Waals surface area (Å²) in [7, 11) is 0. The van der Waals surface area contributed by atoms with Crippen LogP contribution in [-0.2, 0) is 0 Å². The second-order valence-corrected chi connectivity index (χ2v) is 4.51. The van der Waals surface area contributed by atoms with Crippen LogP contribution in [0.2, 0.25) is 0 Å². The van der Waals surface area contributed by atoms with Crippen LogP contribution in [0.25, 0.3) is 0 Å². The maximum Gasteiger partial charge on any atom is 0.0145 e. The molecule has 0 aromatic heterocycles. The Morgan fingerprint density at radius 3 is 2.44 bits per heavy atom. The predicted molar refractivity (Wildman–Crippen MR) is 71.4 cm³/mol. The summed E-state index contributed by atoms with van der Waals surface area (Å²) in [6.07, 6.45) is 3.96. The largest absolute Gasteiger partial charge is 0.327 e. The molecule has 1 aromatic rings. The minimum Gasteiger partial charge on any atom is -0.327 e. The van der Waals surface area contributed by atoms with E-state index in [1.54, 1.807) is 0 Å². The topological polar surface area (TPSA) is 26.0 Å². The fourth-order valence-electron chi connectivity index (χ4n) is 2.27. The maximum atomic E-state index is 6.27. The number of hydrogen-bond donors (Lipinski definition) is 1. The van der Waals surface area contributed by atoms with E-state index in [9.17, 15) is 0 Å². The van der Waals surface area contributed by atoms with E-state index in [4.69, 9.17) is 5.73 Å². The van der Waals surface area contributed by atoms with Gasteiger partial charge in [0.1, 0.15) is 0 Å². The van der Waals surface area contributed by atoms with Crippen LogP contribution in [0, 0.1) is 5.92 Å². The highest BCUT2D eigenvalue weighted by Crippen LogP contribution is 2.30. The van der Waals surface area contributed by atoms with Crippen molar-refractivity contribution in [2.75, 3.05) is 0 Å². The molecule has 2 N–H and O–H groups in total. The molecular formula is C15H23N. The minimum absolute atomic E-state index is 0.176. The van der Waals surface area contributed by atoms with E-state index in [2.05, 4.69) is 50.8 Å². The minimum atomic E-state index is 0.176. The van der Waals surface area contributed by atoms with Crippen molar-refractivity contribution in [2.24, 2.45) is 11.7 Å². The molecule has 1 rings (SSSR count). The molecule has 3 atom stereocenters. The first-order valence-electron chi connectivity index (χ1n) is 6.12. The quantitative estimate of drug-likeness (QED) is 0.722. The summed E-state index contributed by atoms with van der Waals surface area (Å²) in [5.74, 6) is 1.04. The maximum absolute atomic E-state index is 6.27. The van der Waals surface area contributed by atoms with E-state index in [0.717, 1.165) is 12.8 Å². The van der Waals surface area contributed by atoms with Crippen LogP contribution in [-0.4, -0.2) is 6.04 Å². The van der Waals surface area contributed by atoms with Gasteiger partial charge in [-0.1, -0.05) is 56.7 Å². The van der Waals surface area contributed by atoms with Gasteiger partial charge in [0.25, 0.3) is 0 Å². The van der Waals surface area contributed by atoms with Gasteiger partial charge in [-0.2, -0.15) is 0 Å². The first-order valence-corrected chi connectivity index (χ1v) is 6.12. The van der Waals surface area contributed by atoms with Gasteiger partial charge in [0, 0.05) is 12.0 Å². The molecule has 1 aromatic carbocycles. The third-order valence-electron chi connectivity index (χ3n) is 3.34. The van der Waals surface area contributed by atoms with Crippen molar-refractivity contribution in [3.63, 3.8) is 0 Å². The van der Waals surface area contributed by atoms with Crippen molar-refractivity contribution in [1.82, 2.24) is 0 Å². The highest BCUT2D eigenvalue weighted by molar-refractivity contribution is 5.22. The lowest BCUT2D eigenvalue weighted by atomic mass is 9.79. The molecule has 1 heteroatoms. The van der Waals surface area contributed by atoms with Crippen molar-refractivity contribution in [1.29, 1.82) is 0 Å². The highest BCUT2D eigenvalue weighted by Gasteiger charge is 2.23. The van der Waals surface area contributed by atoms with Crippen molar-refractivity contribution >= 4 is 0 Å². The lowest BCUT2D eigenvalue weighted by Crippen LogP contribution is -2.31. The summed E-state index contributed by atoms with van der Waals surface area (Å²) < 4.78 is 0. The Hall–Kier alpha value is -1.08. The summed E-state index contributed by atoms with van der Waals surface area (Å²) in [5, 5.41) is 0. The molecule has 0 spiro atoms. The Balaban J connectivity index is 2.91. The zero-order chi connectivity index (χ0) is 12.0. The molecule has 0 aliphatic carbocycles. The molecule has 3 unspecified atom stereocenters. The first kappa shape index (κ1) is 13.0. The van der Waals surface area contributed by atoms with Crippen LogP contribution in [0.4, 0.5) is 0 Å². The summed E-state index contributed by atoms with van der Waals surface area (Å²) in [6, 6.07) is 10.8. The third kappa shape index (κ3) is 3.21. The first-order chi connectivity index (χ1) is 7.70. The number of hydrogen-bond acceptors (Lipinski definition) is 1. The number of benzene rings is 1. The summed E-state index contributed by atoms with van der Waals surface area (Å²) >= 11 is 0. The molecule has 0 aliphatic rings. The number of nitrogens with two attached hydrogens (primary N) is 1. The van der Waals surface area contributed by atoms with E-state index in [1.807, 2.05) is 6.08 Å². The van der Waals surface area contributed by atoms with Gasteiger partial charge in [-0.15, -0.1) is 6.58 Å². The monoisotopic (exact) mass is 217 g/mol. The van der Waals surface area contributed by atoms with Crippen molar-refractivity contribution in [3.8, 4) is 0 Å². The summed E-state index contributed by atoms with van der Waals surface area (Å²) in [5.41, 5.74) is 7.62. The van der Waals surface area contributed by atoms with Gasteiger partial charge in [0.15, 0.2) is 0 Å². The van der Waals surface area contributed by atoms with E-state index in [1.165, 1.54) is 5.56 Å². The summed E-state index contributed by atoms with van der Waals surface area (Å²) in [6.45, 7) is 8.28. The van der Waals surface area contributed by atoms with Crippen molar-refractivity contribution in [3.05, 3.63) is 48.6 Å². The molecule has 0 saturated heterocycles. The molecule has 0 bridgehead atoms. The molecule has 0 radical (unpaired) electrons. The summed E-state index contributed by atoms with van der Waals surface area (Å²) in [4.78, 5) is 0. The standard InChI is InChI=1S/C15H23N/c1-4-9-14(16)15(12(3)5-2)13-10-7-6-8-11-13/h4,6-8,10-12,14-15H,1,5,9,16H2,2-3H3. The van der Waals surface area contributed by atoms with Crippen LogP contribution in [0.15, 0.2) is 43.0 Å². The third-order valence-corrected chi connectivity index (χ3v) is 3.34. The normalized spacial score (nSPS) is 16.4. The van der Waals surface area contributed by atoms with Crippen LogP contribution in [0.1, 0.15) is 38.2 Å². The number of rotatable bonds is 6. The van der Waals surface area contributed by atoms with Gasteiger partial charge in [0.05, 0.1) is 0 Å². The molecule has 88 valence electrons. The molecule has 0 fully saturated rings. The fraction of sp³-hybridized carbons (Fsp3) is 0.467. The second kappa shape index (κ2) is 6.49. The van der Waals surface area contributed by atoms with Crippen molar-refractivity contribution in [2.45, 2.75) is 38.6 Å². The lowest BCUT2D eigenvalue weighted by Gasteiger charge is -2.28. The Morgan fingerprint density at radius 1 is 1.31 bits per heavy atom. The van der Waals surface area contributed by atoms with Gasteiger partial charge >= 0.3 is 0 Å². The van der Waals surface area contributed by atoms with Crippen molar-refractivity contribution < 1.29 is 0 Å². The van der Waals surface area contributed by atoms with E-state index < -0.39 is 0 Å². The Labute approximate surface area is 99.4 Å². The van der Waals surface area contributed by atoms with Crippen LogP contribution in [0.5, 0.6) is 0 Å². The molecule has 0 aliphatic heterocycles. The molecule has 0 saturated carbocycles. The fourth-order valence-corrected chi connectivity index (χ4v) is 2.27. The molecule has 16 heavy (non-hydrogen) atoms. The zero-order valence-electron chi connectivity index (χ0n) is 10.4. The predicted octanol–water partition coefficient (Wildman–Crippen LogP) is 3.72. The Kier molecular flexibility index (Phi) is 5.27. The lowest BCUT2D eigenvalue weighted by molar-refractivity contribution is 0.383. The van der Waals surface area contributed by atoms with E-state index in [-0.39, 0.29) is 6.04 Å². The Morgan fingerprint density at radius 2 is 1.94 bits per heavy atom. The van der Waals surface area contributed by atoms with Gasteiger partial charge < -0.3 is 5.73 Å². The molecule has 1 nitrogen and oxygen atoms in total. The van der Waals surface area contributed by atoms with Gasteiger partial charge in [-0.3, -0.25) is 0 Å². The van der Waals surface area contributed by atoms with Crippen LogP contribution in [0.3, 0.4) is 0 Å². The molecule has 0 amide bonds. The molecular weight excluding hydrogens is 194 g/mol. The average Bonchev–Trinajstić information content (AvgIpc) is 2.31. The average molecular weight is 217 g/mol. The van der Waals surface area contributed by atoms with Gasteiger partial charge in [-0.25, -0.2) is 0 Å². The molecule has 0 heterocycles.